The van der Waals surface area contributed by atoms with E-state index in [0.29, 0.717) is 24.6 Å². The van der Waals surface area contributed by atoms with E-state index in [4.69, 9.17) is 9.72 Å². The van der Waals surface area contributed by atoms with Crippen molar-refractivity contribution in [1.29, 1.82) is 0 Å². The van der Waals surface area contributed by atoms with Gasteiger partial charge in [0.1, 0.15) is 11.9 Å². The number of benzene rings is 1. The minimum Gasteiger partial charge on any atom is -0.372 e. The molecule has 0 radical (unpaired) electrons. The van der Waals surface area contributed by atoms with Crippen molar-refractivity contribution in [2.24, 2.45) is 11.3 Å². The lowest BCUT2D eigenvalue weighted by Crippen LogP contribution is -2.52. The fourth-order valence-electron chi connectivity index (χ4n) is 5.14. The van der Waals surface area contributed by atoms with Gasteiger partial charge in [-0.2, -0.15) is 0 Å². The van der Waals surface area contributed by atoms with Crippen LogP contribution in [0.1, 0.15) is 67.1 Å². The van der Waals surface area contributed by atoms with E-state index in [1.165, 1.54) is 0 Å². The van der Waals surface area contributed by atoms with Crippen molar-refractivity contribution in [3.8, 4) is 0 Å². The first-order valence-electron chi connectivity index (χ1n) is 14.7. The molecule has 41 heavy (non-hydrogen) atoms. The number of unbranched alkanes of at least 4 members (excludes halogenated alkanes) is 1. The molecule has 3 unspecified atom stereocenters. The average molecular weight is 567 g/mol. The standard InChI is InChI=1S/C30H46N8O3/c1-18(2)25(34-29(40)30(6,7)8)28(39)32-14-10-9-13-31-26-27-36-35-21(5)38(27)24-12-11-22(15-23(24)33-26)37-16-19(3)41-20(4)17-37/h11-12,15,18-20,25H,9-10,13-14,16-17H2,1-8H3,(H,31,33)(H,32,39)(H,34,40). The van der Waals surface area contributed by atoms with Crippen molar-refractivity contribution in [2.45, 2.75) is 86.5 Å². The first-order valence-corrected chi connectivity index (χ1v) is 14.7. The second-order valence-electron chi connectivity index (χ2n) is 12.6. The Morgan fingerprint density at radius 3 is 2.41 bits per heavy atom. The lowest BCUT2D eigenvalue weighted by Gasteiger charge is -2.36. The Balaban J connectivity index is 1.38. The van der Waals surface area contributed by atoms with E-state index >= 15 is 0 Å². The highest BCUT2D eigenvalue weighted by Gasteiger charge is 2.29. The average Bonchev–Trinajstić information content (AvgIpc) is 3.29. The molecule has 3 N–H and O–H groups in total. The number of carbonyl (C=O) groups is 2. The van der Waals surface area contributed by atoms with Crippen molar-refractivity contribution < 1.29 is 14.3 Å². The first-order chi connectivity index (χ1) is 19.3. The number of amides is 2. The predicted molar refractivity (Wildman–Crippen MR) is 162 cm³/mol. The minimum atomic E-state index is -0.556. The fourth-order valence-corrected chi connectivity index (χ4v) is 5.14. The lowest BCUT2D eigenvalue weighted by molar-refractivity contribution is -0.134. The zero-order chi connectivity index (χ0) is 29.9. The zero-order valence-corrected chi connectivity index (χ0v) is 25.7. The molecule has 3 heterocycles. The monoisotopic (exact) mass is 566 g/mol. The SMILES string of the molecule is Cc1nnc2c(NCCCCNC(=O)C(NC(=O)C(C)(C)C)C(C)C)nc3cc(N4CC(C)OC(C)C4)ccc3n12. The third-order valence-corrected chi connectivity index (χ3v) is 7.37. The largest absolute Gasteiger partial charge is 0.372 e. The Hall–Kier alpha value is -3.47. The molecule has 11 heteroatoms. The molecular weight excluding hydrogens is 520 g/mol. The zero-order valence-electron chi connectivity index (χ0n) is 25.7. The summed E-state index contributed by atoms with van der Waals surface area (Å²) in [6, 6.07) is 5.79. The fraction of sp³-hybridized carbons (Fsp3) is 0.633. The smallest absolute Gasteiger partial charge is 0.242 e. The summed E-state index contributed by atoms with van der Waals surface area (Å²) in [5.41, 5.74) is 3.10. The van der Waals surface area contributed by atoms with Crippen LogP contribution in [0.25, 0.3) is 16.7 Å². The van der Waals surface area contributed by atoms with Gasteiger partial charge in [0.2, 0.25) is 17.5 Å². The molecule has 2 amide bonds. The number of hydrogen-bond donors (Lipinski definition) is 3. The van der Waals surface area contributed by atoms with Crippen molar-refractivity contribution in [3.05, 3.63) is 24.0 Å². The molecule has 0 saturated carbocycles. The van der Waals surface area contributed by atoms with E-state index < -0.39 is 11.5 Å². The van der Waals surface area contributed by atoms with Crippen LogP contribution in [0.3, 0.4) is 0 Å². The van der Waals surface area contributed by atoms with Crippen LogP contribution in [-0.4, -0.2) is 75.8 Å². The van der Waals surface area contributed by atoms with Gasteiger partial charge in [-0.1, -0.05) is 34.6 Å². The van der Waals surface area contributed by atoms with Crippen LogP contribution in [0.15, 0.2) is 18.2 Å². The molecular formula is C30H46N8O3. The van der Waals surface area contributed by atoms with Gasteiger partial charge in [-0.15, -0.1) is 10.2 Å². The molecule has 1 aliphatic rings. The molecule has 0 bridgehead atoms. The highest BCUT2D eigenvalue weighted by atomic mass is 16.5. The van der Waals surface area contributed by atoms with Gasteiger partial charge < -0.3 is 25.6 Å². The number of nitrogens with zero attached hydrogens (tertiary/aromatic N) is 5. The Kier molecular flexibility index (Phi) is 9.36. The molecule has 0 aliphatic carbocycles. The summed E-state index contributed by atoms with van der Waals surface area (Å²) in [4.78, 5) is 32.5. The van der Waals surface area contributed by atoms with Crippen molar-refractivity contribution in [2.75, 3.05) is 36.4 Å². The maximum atomic E-state index is 12.8. The summed E-state index contributed by atoms with van der Waals surface area (Å²) in [5, 5.41) is 18.0. The van der Waals surface area contributed by atoms with Crippen LogP contribution in [0.2, 0.25) is 0 Å². The van der Waals surface area contributed by atoms with E-state index in [0.717, 1.165) is 48.5 Å². The number of aromatic nitrogens is 4. The Morgan fingerprint density at radius 1 is 1.07 bits per heavy atom. The van der Waals surface area contributed by atoms with Crippen molar-refractivity contribution in [1.82, 2.24) is 30.2 Å². The third-order valence-electron chi connectivity index (χ3n) is 7.37. The van der Waals surface area contributed by atoms with Gasteiger partial charge >= 0.3 is 0 Å². The highest BCUT2D eigenvalue weighted by molar-refractivity contribution is 5.90. The lowest BCUT2D eigenvalue weighted by atomic mass is 9.93. The maximum absolute atomic E-state index is 12.8. The second kappa shape index (κ2) is 12.6. The van der Waals surface area contributed by atoms with Crippen LogP contribution < -0.4 is 20.9 Å². The summed E-state index contributed by atoms with van der Waals surface area (Å²) in [7, 11) is 0. The molecule has 224 valence electrons. The molecule has 1 aliphatic heterocycles. The molecule has 1 aromatic carbocycles. The number of anilines is 2. The highest BCUT2D eigenvalue weighted by Crippen LogP contribution is 2.27. The van der Waals surface area contributed by atoms with Gasteiger partial charge in [-0.25, -0.2) is 4.98 Å². The van der Waals surface area contributed by atoms with E-state index in [1.807, 2.05) is 45.9 Å². The van der Waals surface area contributed by atoms with E-state index in [9.17, 15) is 9.59 Å². The molecule has 4 rings (SSSR count). The van der Waals surface area contributed by atoms with E-state index in [-0.39, 0.29) is 29.9 Å². The topological polar surface area (TPSA) is 126 Å². The summed E-state index contributed by atoms with van der Waals surface area (Å²) < 4.78 is 7.95. The summed E-state index contributed by atoms with van der Waals surface area (Å²) in [6.07, 6.45) is 1.95. The number of hydrogen-bond acceptors (Lipinski definition) is 8. The summed E-state index contributed by atoms with van der Waals surface area (Å²) in [5.74, 6) is 1.20. The predicted octanol–water partition coefficient (Wildman–Crippen LogP) is 3.69. The number of fused-ring (bicyclic) bond motifs is 3. The number of carbonyl (C=O) groups excluding carboxylic acids is 2. The minimum absolute atomic E-state index is 0.00784. The van der Waals surface area contributed by atoms with Crippen molar-refractivity contribution >= 4 is 40.0 Å². The van der Waals surface area contributed by atoms with Crippen LogP contribution >= 0.6 is 0 Å². The number of ether oxygens (including phenoxy) is 1. The number of rotatable bonds is 10. The van der Waals surface area contributed by atoms with Gasteiger partial charge in [0, 0.05) is 37.3 Å². The normalized spacial score (nSPS) is 18.6. The first kappa shape index (κ1) is 30.5. The summed E-state index contributed by atoms with van der Waals surface area (Å²) >= 11 is 0. The molecule has 3 aromatic rings. The number of aryl methyl sites for hydroxylation is 1. The molecule has 2 aromatic heterocycles. The Bertz CT molecular complexity index is 1370. The van der Waals surface area contributed by atoms with Gasteiger partial charge in [0.25, 0.3) is 0 Å². The molecule has 11 nitrogen and oxygen atoms in total. The third kappa shape index (κ3) is 7.25. The number of nitrogens with one attached hydrogen (secondary N) is 3. The summed E-state index contributed by atoms with van der Waals surface area (Å²) in [6.45, 7) is 18.4. The van der Waals surface area contributed by atoms with Crippen LogP contribution in [0.4, 0.5) is 11.5 Å². The molecule has 0 spiro atoms. The van der Waals surface area contributed by atoms with Gasteiger partial charge in [-0.05, 0) is 57.7 Å². The molecule has 1 saturated heterocycles. The van der Waals surface area contributed by atoms with Crippen LogP contribution in [0.5, 0.6) is 0 Å². The molecule has 1 fully saturated rings. The quantitative estimate of drug-likeness (QED) is 0.317. The maximum Gasteiger partial charge on any atom is 0.242 e. The van der Waals surface area contributed by atoms with Crippen molar-refractivity contribution in [3.63, 3.8) is 0 Å². The van der Waals surface area contributed by atoms with Crippen LogP contribution in [0, 0.1) is 18.3 Å². The second-order valence-corrected chi connectivity index (χ2v) is 12.6. The Labute approximate surface area is 242 Å². The molecule has 3 atom stereocenters. The Morgan fingerprint density at radius 2 is 1.76 bits per heavy atom. The van der Waals surface area contributed by atoms with Gasteiger partial charge in [0.05, 0.1) is 23.2 Å². The van der Waals surface area contributed by atoms with E-state index in [1.54, 1.807) is 0 Å². The number of morpholine rings is 1. The van der Waals surface area contributed by atoms with Gasteiger partial charge in [0.15, 0.2) is 5.82 Å². The van der Waals surface area contributed by atoms with E-state index in [2.05, 4.69) is 63.1 Å². The van der Waals surface area contributed by atoms with Crippen LogP contribution in [-0.2, 0) is 14.3 Å². The van der Waals surface area contributed by atoms with Gasteiger partial charge in [-0.3, -0.25) is 14.0 Å².